The van der Waals surface area contributed by atoms with E-state index in [-0.39, 0.29) is 0 Å². The highest BCUT2D eigenvalue weighted by Crippen LogP contribution is 2.39. The van der Waals surface area contributed by atoms with Crippen LogP contribution in [0.4, 0.5) is 8.78 Å². The quantitative estimate of drug-likeness (QED) is 0.623. The number of amides is 1. The number of nitrogens with two attached hydrogens (primary N) is 1. The smallest absolute Gasteiger partial charge is 0.327 e. The van der Waals surface area contributed by atoms with E-state index in [2.05, 4.69) is 5.73 Å². The Balaban J connectivity index is 2.57. The maximum atomic E-state index is 12.5. The molecule has 1 amide bonds. The van der Waals surface area contributed by atoms with Crippen molar-refractivity contribution in [3.63, 3.8) is 0 Å². The molecule has 0 spiro atoms. The SMILES string of the molecule is NC(=O)C(F)(F)C1CCC1. The van der Waals surface area contributed by atoms with Gasteiger partial charge in [-0.15, -0.1) is 0 Å². The molecule has 0 atom stereocenters. The lowest BCUT2D eigenvalue weighted by atomic mass is 9.80. The van der Waals surface area contributed by atoms with Crippen molar-refractivity contribution < 1.29 is 13.6 Å². The summed E-state index contributed by atoms with van der Waals surface area (Å²) < 4.78 is 25.0. The van der Waals surface area contributed by atoms with Crippen LogP contribution in [0, 0.1) is 5.92 Å². The Morgan fingerprint density at radius 3 is 2.10 bits per heavy atom. The second-order valence-electron chi connectivity index (χ2n) is 2.62. The first-order valence-corrected chi connectivity index (χ1v) is 3.23. The first kappa shape index (κ1) is 7.44. The molecule has 0 aromatic heterocycles. The highest BCUT2D eigenvalue weighted by atomic mass is 19.3. The van der Waals surface area contributed by atoms with Gasteiger partial charge in [-0.25, -0.2) is 0 Å². The molecule has 4 heteroatoms. The highest BCUT2D eigenvalue weighted by Gasteiger charge is 2.47. The summed E-state index contributed by atoms with van der Waals surface area (Å²) in [7, 11) is 0. The van der Waals surface area contributed by atoms with Crippen molar-refractivity contribution in [3.05, 3.63) is 0 Å². The van der Waals surface area contributed by atoms with E-state index in [0.717, 1.165) is 6.42 Å². The van der Waals surface area contributed by atoms with E-state index in [0.29, 0.717) is 12.8 Å². The van der Waals surface area contributed by atoms with Crippen LogP contribution in [-0.2, 0) is 4.79 Å². The third-order valence-corrected chi connectivity index (χ3v) is 1.95. The summed E-state index contributed by atoms with van der Waals surface area (Å²) in [5.74, 6) is -5.54. The number of rotatable bonds is 2. The Labute approximate surface area is 57.4 Å². The molecular weight excluding hydrogens is 140 g/mol. The predicted molar refractivity (Wildman–Crippen MR) is 31.5 cm³/mol. The van der Waals surface area contributed by atoms with Gasteiger partial charge in [-0.1, -0.05) is 6.42 Å². The van der Waals surface area contributed by atoms with E-state index < -0.39 is 17.7 Å². The zero-order chi connectivity index (χ0) is 7.78. The average Bonchev–Trinajstić information content (AvgIpc) is 1.57. The molecule has 0 aromatic carbocycles. The van der Waals surface area contributed by atoms with E-state index >= 15 is 0 Å². The maximum absolute atomic E-state index is 12.5. The van der Waals surface area contributed by atoms with Crippen molar-refractivity contribution in [2.45, 2.75) is 25.2 Å². The lowest BCUT2D eigenvalue weighted by molar-refractivity contribution is -0.155. The number of hydrogen-bond acceptors (Lipinski definition) is 1. The molecule has 0 aromatic rings. The summed E-state index contributed by atoms with van der Waals surface area (Å²) in [6.45, 7) is 0. The van der Waals surface area contributed by atoms with Crippen LogP contribution in [0.2, 0.25) is 0 Å². The molecular formula is C6H9F2NO. The van der Waals surface area contributed by atoms with Gasteiger partial charge in [-0.2, -0.15) is 8.78 Å². The van der Waals surface area contributed by atoms with Gasteiger partial charge in [0.15, 0.2) is 0 Å². The fraction of sp³-hybridized carbons (Fsp3) is 0.833. The van der Waals surface area contributed by atoms with Gasteiger partial charge in [0.05, 0.1) is 0 Å². The average molecular weight is 149 g/mol. The zero-order valence-corrected chi connectivity index (χ0v) is 5.44. The van der Waals surface area contributed by atoms with E-state index in [1.54, 1.807) is 0 Å². The number of primary amides is 1. The molecule has 0 radical (unpaired) electrons. The van der Waals surface area contributed by atoms with Gasteiger partial charge in [-0.3, -0.25) is 4.79 Å². The fourth-order valence-corrected chi connectivity index (χ4v) is 0.972. The molecule has 0 unspecified atom stereocenters. The monoisotopic (exact) mass is 149 g/mol. The standard InChI is InChI=1S/C6H9F2NO/c7-6(8,5(9)10)4-2-1-3-4/h4H,1-3H2,(H2,9,10). The lowest BCUT2D eigenvalue weighted by Crippen LogP contribution is -2.44. The van der Waals surface area contributed by atoms with Crippen molar-refractivity contribution >= 4 is 5.91 Å². The van der Waals surface area contributed by atoms with Crippen LogP contribution in [0.15, 0.2) is 0 Å². The zero-order valence-electron chi connectivity index (χ0n) is 5.44. The third-order valence-electron chi connectivity index (χ3n) is 1.95. The van der Waals surface area contributed by atoms with Crippen LogP contribution < -0.4 is 5.73 Å². The maximum Gasteiger partial charge on any atom is 0.327 e. The fourth-order valence-electron chi connectivity index (χ4n) is 0.972. The summed E-state index contributed by atoms with van der Waals surface area (Å²) in [6, 6.07) is 0. The van der Waals surface area contributed by atoms with E-state index in [4.69, 9.17) is 0 Å². The first-order valence-electron chi connectivity index (χ1n) is 3.23. The largest absolute Gasteiger partial charge is 0.364 e. The van der Waals surface area contributed by atoms with Gasteiger partial charge in [0.2, 0.25) is 0 Å². The van der Waals surface area contributed by atoms with E-state index in [1.165, 1.54) is 0 Å². The highest BCUT2D eigenvalue weighted by molar-refractivity contribution is 5.82. The van der Waals surface area contributed by atoms with Crippen LogP contribution in [0.5, 0.6) is 0 Å². The van der Waals surface area contributed by atoms with Crippen molar-refractivity contribution in [3.8, 4) is 0 Å². The van der Waals surface area contributed by atoms with Crippen molar-refractivity contribution in [1.29, 1.82) is 0 Å². The first-order chi connectivity index (χ1) is 4.55. The molecule has 1 aliphatic rings. The minimum absolute atomic E-state index is 0.427. The molecule has 0 aliphatic heterocycles. The second-order valence-corrected chi connectivity index (χ2v) is 2.62. The predicted octanol–water partition coefficient (Wildman–Crippen LogP) is 0.907. The van der Waals surface area contributed by atoms with Gasteiger partial charge in [0.1, 0.15) is 0 Å². The van der Waals surface area contributed by atoms with Gasteiger partial charge >= 0.3 is 5.92 Å². The number of alkyl halides is 2. The van der Waals surface area contributed by atoms with E-state index in [9.17, 15) is 13.6 Å². The summed E-state index contributed by atoms with van der Waals surface area (Å²) in [4.78, 5) is 10.1. The van der Waals surface area contributed by atoms with Crippen LogP contribution in [0.25, 0.3) is 0 Å². The minimum atomic E-state index is -3.27. The molecule has 2 nitrogen and oxygen atoms in total. The number of halogens is 2. The Morgan fingerprint density at radius 1 is 1.50 bits per heavy atom. The summed E-state index contributed by atoms with van der Waals surface area (Å²) in [5, 5.41) is 0. The molecule has 1 aliphatic carbocycles. The summed E-state index contributed by atoms with van der Waals surface area (Å²) in [5.41, 5.74) is 4.49. The van der Waals surface area contributed by atoms with Crippen LogP contribution >= 0.6 is 0 Å². The second kappa shape index (κ2) is 2.18. The van der Waals surface area contributed by atoms with Gasteiger partial charge in [-0.05, 0) is 12.8 Å². The molecule has 58 valence electrons. The van der Waals surface area contributed by atoms with Crippen LogP contribution in [0.1, 0.15) is 19.3 Å². The third kappa shape index (κ3) is 0.978. The van der Waals surface area contributed by atoms with Gasteiger partial charge in [0, 0.05) is 5.92 Å². The Bertz CT molecular complexity index is 154. The number of hydrogen-bond donors (Lipinski definition) is 1. The topological polar surface area (TPSA) is 43.1 Å². The van der Waals surface area contributed by atoms with Crippen molar-refractivity contribution in [1.82, 2.24) is 0 Å². The molecule has 1 rings (SSSR count). The molecule has 1 saturated carbocycles. The Morgan fingerprint density at radius 2 is 2.00 bits per heavy atom. The van der Waals surface area contributed by atoms with Gasteiger partial charge in [0.25, 0.3) is 5.91 Å². The summed E-state index contributed by atoms with van der Waals surface area (Å²) in [6.07, 6.45) is 1.64. The normalized spacial score (nSPS) is 20.2. The molecule has 0 saturated heterocycles. The van der Waals surface area contributed by atoms with Crippen molar-refractivity contribution in [2.75, 3.05) is 0 Å². The van der Waals surface area contributed by atoms with Crippen LogP contribution in [-0.4, -0.2) is 11.8 Å². The number of carbonyl (C=O) groups excluding carboxylic acids is 1. The van der Waals surface area contributed by atoms with Crippen molar-refractivity contribution in [2.24, 2.45) is 11.7 Å². The molecule has 1 fully saturated rings. The Hall–Kier alpha value is -0.670. The summed E-state index contributed by atoms with van der Waals surface area (Å²) >= 11 is 0. The Kier molecular flexibility index (Phi) is 1.62. The van der Waals surface area contributed by atoms with E-state index in [1.807, 2.05) is 0 Å². The number of carbonyl (C=O) groups is 1. The minimum Gasteiger partial charge on any atom is -0.364 e. The molecule has 2 N–H and O–H groups in total. The molecule has 0 heterocycles. The lowest BCUT2D eigenvalue weighted by Gasteiger charge is -2.30. The molecule has 0 bridgehead atoms. The molecule has 10 heavy (non-hydrogen) atoms. The van der Waals surface area contributed by atoms with Gasteiger partial charge < -0.3 is 5.73 Å². The van der Waals surface area contributed by atoms with Crippen LogP contribution in [0.3, 0.4) is 0 Å².